The van der Waals surface area contributed by atoms with E-state index < -0.39 is 5.97 Å². The van der Waals surface area contributed by atoms with Crippen LogP contribution in [-0.2, 0) is 4.74 Å². The minimum atomic E-state index is -0.440. The van der Waals surface area contributed by atoms with Crippen LogP contribution in [0.3, 0.4) is 0 Å². The van der Waals surface area contributed by atoms with Crippen molar-refractivity contribution in [1.29, 1.82) is 0 Å². The molecule has 0 saturated carbocycles. The Kier molecular flexibility index (Phi) is 11.7. The van der Waals surface area contributed by atoms with E-state index in [1.165, 1.54) is 0 Å². The van der Waals surface area contributed by atoms with Crippen LogP contribution < -0.4 is 18.9 Å². The molecule has 33 heavy (non-hydrogen) atoms. The van der Waals surface area contributed by atoms with E-state index in [1.54, 1.807) is 24.3 Å². The van der Waals surface area contributed by atoms with Crippen LogP contribution in [0.15, 0.2) is 28.7 Å². The second-order valence-electron chi connectivity index (χ2n) is 7.30. The van der Waals surface area contributed by atoms with E-state index in [-0.39, 0.29) is 0 Å². The average Bonchev–Trinajstić information content (AvgIpc) is 2.81. The minimum Gasteiger partial charge on any atom is -0.492 e. The second kappa shape index (κ2) is 14.2. The maximum Gasteiger partial charge on any atom is 0.338 e. The highest BCUT2D eigenvalue weighted by molar-refractivity contribution is 9.10. The van der Waals surface area contributed by atoms with Gasteiger partial charge in [-0.2, -0.15) is 0 Å². The molecule has 0 aliphatic heterocycles. The lowest BCUT2D eigenvalue weighted by atomic mass is 10.1. The maximum absolute atomic E-state index is 12.5. The third kappa shape index (κ3) is 8.00. The van der Waals surface area contributed by atoms with Gasteiger partial charge in [-0.25, -0.2) is 4.79 Å². The summed E-state index contributed by atoms with van der Waals surface area (Å²) < 4.78 is 29.8. The van der Waals surface area contributed by atoms with Crippen LogP contribution in [0.4, 0.5) is 0 Å². The van der Waals surface area contributed by atoms with Gasteiger partial charge in [0.05, 0.1) is 41.5 Å². The quantitative estimate of drug-likeness (QED) is 0.226. The summed E-state index contributed by atoms with van der Waals surface area (Å²) in [4.78, 5) is 12.5. The molecule has 0 radical (unpaired) electrons. The van der Waals surface area contributed by atoms with Gasteiger partial charge in [0.25, 0.3) is 0 Å². The molecule has 0 bridgehead atoms. The Morgan fingerprint density at radius 1 is 0.758 bits per heavy atom. The van der Waals surface area contributed by atoms with Crippen LogP contribution in [0.5, 0.6) is 28.7 Å². The van der Waals surface area contributed by atoms with Crippen LogP contribution in [-0.4, -0.2) is 32.4 Å². The van der Waals surface area contributed by atoms with E-state index in [0.29, 0.717) is 70.2 Å². The molecule has 2 aromatic rings. The molecule has 2 aromatic carbocycles. The number of hydrogen-bond acceptors (Lipinski definition) is 6. The Morgan fingerprint density at radius 3 is 1.79 bits per heavy atom. The van der Waals surface area contributed by atoms with Gasteiger partial charge in [-0.3, -0.25) is 0 Å². The Balaban J connectivity index is 2.50. The number of benzene rings is 2. The number of carbonyl (C=O) groups excluding carboxylic acids is 1. The van der Waals surface area contributed by atoms with Gasteiger partial charge in [0.2, 0.25) is 5.75 Å². The van der Waals surface area contributed by atoms with Gasteiger partial charge in [0.15, 0.2) is 11.5 Å². The van der Waals surface area contributed by atoms with Gasteiger partial charge in [0.1, 0.15) is 11.5 Å². The normalized spacial score (nSPS) is 10.6. The average molecular weight is 544 g/mol. The zero-order chi connectivity index (χ0) is 24.2. The molecule has 0 saturated heterocycles. The number of carbonyl (C=O) groups is 1. The molecule has 0 spiro atoms. The third-order valence-electron chi connectivity index (χ3n) is 4.28. The first-order valence-electron chi connectivity index (χ1n) is 11.3. The van der Waals surface area contributed by atoms with Gasteiger partial charge >= 0.3 is 5.97 Å². The summed E-state index contributed by atoms with van der Waals surface area (Å²) in [7, 11) is 0. The number of esters is 1. The molecule has 0 atom stereocenters. The van der Waals surface area contributed by atoms with Crippen molar-refractivity contribution in [1.82, 2.24) is 0 Å². The predicted molar refractivity (Wildman–Crippen MR) is 134 cm³/mol. The molecule has 182 valence electrons. The highest BCUT2D eigenvalue weighted by atomic mass is 79.9. The Morgan fingerprint density at radius 2 is 1.27 bits per heavy atom. The van der Waals surface area contributed by atoms with E-state index in [1.807, 2.05) is 27.7 Å². The molecule has 0 unspecified atom stereocenters. The summed E-state index contributed by atoms with van der Waals surface area (Å²) in [5.41, 5.74) is 0.337. The number of halogens is 2. The minimum absolute atomic E-state index is 0.337. The van der Waals surface area contributed by atoms with Crippen molar-refractivity contribution >= 4 is 33.5 Å². The maximum atomic E-state index is 12.5. The molecule has 0 fully saturated rings. The summed E-state index contributed by atoms with van der Waals surface area (Å²) in [6.45, 7) is 9.77. The topological polar surface area (TPSA) is 63.2 Å². The number of hydrogen-bond donors (Lipinski definition) is 0. The van der Waals surface area contributed by atoms with Crippen molar-refractivity contribution < 1.29 is 28.5 Å². The lowest BCUT2D eigenvalue weighted by Crippen LogP contribution is -2.09. The summed E-state index contributed by atoms with van der Waals surface area (Å²) in [6.07, 6.45) is 3.18. The van der Waals surface area contributed by atoms with Crippen molar-refractivity contribution in [3.8, 4) is 28.7 Å². The van der Waals surface area contributed by atoms with E-state index in [4.69, 9.17) is 35.3 Å². The molecule has 0 aliphatic carbocycles. The van der Waals surface area contributed by atoms with Gasteiger partial charge < -0.3 is 23.7 Å². The number of ether oxygens (including phenoxy) is 5. The summed E-state index contributed by atoms with van der Waals surface area (Å²) in [6, 6.07) is 6.67. The first-order valence-corrected chi connectivity index (χ1v) is 12.5. The van der Waals surface area contributed by atoms with Crippen LogP contribution in [0.2, 0.25) is 5.02 Å². The highest BCUT2D eigenvalue weighted by Gasteiger charge is 2.22. The molecule has 6 nitrogen and oxygen atoms in total. The molecule has 0 aliphatic rings. The molecule has 8 heteroatoms. The lowest BCUT2D eigenvalue weighted by molar-refractivity contribution is 0.0504. The molecule has 0 N–H and O–H groups in total. The fourth-order valence-corrected chi connectivity index (χ4v) is 3.36. The fourth-order valence-electron chi connectivity index (χ4n) is 2.73. The fraction of sp³-hybridized carbons (Fsp3) is 0.480. The molecular formula is C25H32BrClO6. The first kappa shape index (κ1) is 27.1. The monoisotopic (exact) mass is 542 g/mol. The van der Waals surface area contributed by atoms with E-state index in [2.05, 4.69) is 15.9 Å². The van der Waals surface area contributed by atoms with Crippen LogP contribution in [0.25, 0.3) is 0 Å². The summed E-state index contributed by atoms with van der Waals surface area (Å²) in [5, 5.41) is 0.374. The first-order chi connectivity index (χ1) is 15.9. The smallest absolute Gasteiger partial charge is 0.338 e. The van der Waals surface area contributed by atoms with Gasteiger partial charge in [0, 0.05) is 12.1 Å². The van der Waals surface area contributed by atoms with E-state index >= 15 is 0 Å². The van der Waals surface area contributed by atoms with Crippen molar-refractivity contribution in [3.63, 3.8) is 0 Å². The highest BCUT2D eigenvalue weighted by Crippen LogP contribution is 2.45. The third-order valence-corrected chi connectivity index (χ3v) is 5.19. The molecule has 0 heterocycles. The SMILES string of the molecule is CCCOC(=O)c1cc(OCCC)c(Oc2cc(Br)c(OCCC)cc2Cl)c(OCCC)c1. The van der Waals surface area contributed by atoms with Crippen molar-refractivity contribution in [2.45, 2.75) is 53.4 Å². The van der Waals surface area contributed by atoms with Gasteiger partial charge in [-0.1, -0.05) is 39.3 Å². The van der Waals surface area contributed by atoms with Gasteiger partial charge in [-0.15, -0.1) is 0 Å². The molecular weight excluding hydrogens is 512 g/mol. The summed E-state index contributed by atoms with van der Waals surface area (Å²) >= 11 is 10.0. The largest absolute Gasteiger partial charge is 0.492 e. The number of rotatable bonds is 14. The van der Waals surface area contributed by atoms with E-state index in [9.17, 15) is 4.79 Å². The van der Waals surface area contributed by atoms with Gasteiger partial charge in [-0.05, 0) is 53.7 Å². The molecule has 0 aromatic heterocycles. The van der Waals surface area contributed by atoms with Crippen molar-refractivity contribution in [2.24, 2.45) is 0 Å². The van der Waals surface area contributed by atoms with Crippen LogP contribution in [0.1, 0.15) is 63.7 Å². The standard InChI is InChI=1S/C25H32BrClO6/c1-5-9-29-20-16-19(27)21(15-18(20)26)33-24-22(30-10-6-2)13-17(25(28)32-12-8-4)14-23(24)31-11-7-3/h13-16H,5-12H2,1-4H3. The van der Waals surface area contributed by atoms with Crippen LogP contribution in [0, 0.1) is 0 Å². The molecule has 0 amide bonds. The zero-order valence-corrected chi connectivity index (χ0v) is 22.0. The zero-order valence-electron chi connectivity index (χ0n) is 19.7. The lowest BCUT2D eigenvalue weighted by Gasteiger charge is -2.19. The van der Waals surface area contributed by atoms with E-state index in [0.717, 1.165) is 25.7 Å². The van der Waals surface area contributed by atoms with Crippen molar-refractivity contribution in [2.75, 3.05) is 26.4 Å². The van der Waals surface area contributed by atoms with Crippen LogP contribution >= 0.6 is 27.5 Å². The predicted octanol–water partition coefficient (Wildman–Crippen LogP) is 7.83. The Hall–Kier alpha value is -2.12. The Bertz CT molecular complexity index is 889. The molecule has 2 rings (SSSR count). The Labute approximate surface area is 209 Å². The second-order valence-corrected chi connectivity index (χ2v) is 8.56. The van der Waals surface area contributed by atoms with Crippen molar-refractivity contribution in [3.05, 3.63) is 39.3 Å². The summed E-state index contributed by atoms with van der Waals surface area (Å²) in [5.74, 6) is 1.70.